The van der Waals surface area contributed by atoms with E-state index < -0.39 is 0 Å². The van der Waals surface area contributed by atoms with E-state index in [-0.39, 0.29) is 6.04 Å². The van der Waals surface area contributed by atoms with Crippen LogP contribution in [-0.2, 0) is 6.42 Å². The van der Waals surface area contributed by atoms with E-state index in [0.29, 0.717) is 6.04 Å². The van der Waals surface area contributed by atoms with E-state index in [1.807, 2.05) is 6.92 Å². The van der Waals surface area contributed by atoms with E-state index in [0.717, 1.165) is 12.3 Å². The first kappa shape index (κ1) is 13.9. The van der Waals surface area contributed by atoms with Crippen LogP contribution in [0.5, 0.6) is 0 Å². The van der Waals surface area contributed by atoms with Crippen LogP contribution in [0.1, 0.15) is 32.3 Å². The Morgan fingerprint density at radius 3 is 2.56 bits per heavy atom. The van der Waals surface area contributed by atoms with E-state index in [9.17, 15) is 0 Å². The van der Waals surface area contributed by atoms with Crippen LogP contribution in [-0.4, -0.2) is 19.1 Å². The summed E-state index contributed by atoms with van der Waals surface area (Å²) in [6.07, 6.45) is 3.69. The fourth-order valence-corrected chi connectivity index (χ4v) is 2.93. The molecule has 0 spiro atoms. The fraction of sp³-hybridized carbons (Fsp3) is 0.600. The van der Waals surface area contributed by atoms with Crippen LogP contribution in [0.15, 0.2) is 22.7 Å². The Bertz CT molecular complexity index is 413. The highest BCUT2D eigenvalue weighted by molar-refractivity contribution is 9.10. The quantitative estimate of drug-likeness (QED) is 0.901. The summed E-state index contributed by atoms with van der Waals surface area (Å²) >= 11 is 3.66. The molecule has 1 aromatic rings. The highest BCUT2D eigenvalue weighted by Crippen LogP contribution is 2.37. The molecule has 1 aliphatic rings. The molecule has 0 aromatic heterocycles. The van der Waals surface area contributed by atoms with Crippen LogP contribution < -0.4 is 10.6 Å². The second-order valence-electron chi connectivity index (χ2n) is 5.65. The first-order chi connectivity index (χ1) is 8.49. The Morgan fingerprint density at radius 1 is 1.39 bits per heavy atom. The Morgan fingerprint density at radius 2 is 2.06 bits per heavy atom. The summed E-state index contributed by atoms with van der Waals surface area (Å²) in [6.45, 7) is 4.36. The molecule has 2 N–H and O–H groups in total. The van der Waals surface area contributed by atoms with Crippen molar-refractivity contribution in [3.8, 4) is 0 Å². The zero-order valence-corrected chi connectivity index (χ0v) is 13.1. The number of hydrogen-bond donors (Lipinski definition) is 1. The number of nitrogens with two attached hydrogens (primary N) is 1. The Balaban J connectivity index is 2.12. The van der Waals surface area contributed by atoms with Crippen LogP contribution in [0.4, 0.5) is 5.69 Å². The summed E-state index contributed by atoms with van der Waals surface area (Å²) in [5.74, 6) is 0.887. The molecule has 1 fully saturated rings. The van der Waals surface area contributed by atoms with Crippen molar-refractivity contribution in [1.82, 2.24) is 0 Å². The predicted octanol–water partition coefficient (Wildman–Crippen LogP) is 3.57. The Labute approximate surface area is 119 Å². The van der Waals surface area contributed by atoms with Crippen molar-refractivity contribution in [2.45, 2.75) is 45.2 Å². The third-order valence-corrected chi connectivity index (χ3v) is 4.64. The zero-order chi connectivity index (χ0) is 13.3. The summed E-state index contributed by atoms with van der Waals surface area (Å²) in [4.78, 5) is 2.39. The molecule has 0 aliphatic heterocycles. The SMILES string of the molecule is CC(N)Cc1ccc(N(C)C(C)C2CC2)cc1Br. The van der Waals surface area contributed by atoms with E-state index in [4.69, 9.17) is 5.73 Å². The molecule has 100 valence electrons. The van der Waals surface area contributed by atoms with Crippen molar-refractivity contribution in [1.29, 1.82) is 0 Å². The standard InChI is InChI=1S/C15H23BrN2/c1-10(17)8-13-6-7-14(9-15(13)16)18(3)11(2)12-4-5-12/h6-7,9-12H,4-5,8,17H2,1-3H3. The molecule has 0 amide bonds. The highest BCUT2D eigenvalue weighted by atomic mass is 79.9. The molecule has 1 aromatic carbocycles. The summed E-state index contributed by atoms with van der Waals surface area (Å²) in [5, 5.41) is 0. The first-order valence-electron chi connectivity index (χ1n) is 6.76. The van der Waals surface area contributed by atoms with Gasteiger partial charge in [0.2, 0.25) is 0 Å². The lowest BCUT2D eigenvalue weighted by atomic mass is 10.1. The molecule has 0 bridgehead atoms. The molecular weight excluding hydrogens is 288 g/mol. The van der Waals surface area contributed by atoms with Crippen molar-refractivity contribution in [3.63, 3.8) is 0 Å². The molecule has 18 heavy (non-hydrogen) atoms. The number of nitrogens with zero attached hydrogens (tertiary/aromatic N) is 1. The van der Waals surface area contributed by atoms with Crippen LogP contribution in [0.2, 0.25) is 0 Å². The molecule has 0 heterocycles. The van der Waals surface area contributed by atoms with Crippen molar-refractivity contribution >= 4 is 21.6 Å². The van der Waals surface area contributed by atoms with Crippen LogP contribution in [0, 0.1) is 5.92 Å². The second-order valence-corrected chi connectivity index (χ2v) is 6.50. The monoisotopic (exact) mass is 310 g/mol. The number of halogens is 1. The van der Waals surface area contributed by atoms with Gasteiger partial charge in [-0.05, 0) is 56.7 Å². The smallest absolute Gasteiger partial charge is 0.0377 e. The van der Waals surface area contributed by atoms with E-state index in [1.54, 1.807) is 0 Å². The van der Waals surface area contributed by atoms with E-state index in [1.165, 1.54) is 28.6 Å². The van der Waals surface area contributed by atoms with Crippen LogP contribution in [0.25, 0.3) is 0 Å². The van der Waals surface area contributed by atoms with Gasteiger partial charge >= 0.3 is 0 Å². The number of anilines is 1. The maximum atomic E-state index is 5.86. The Hall–Kier alpha value is -0.540. The van der Waals surface area contributed by atoms with Gasteiger partial charge < -0.3 is 10.6 Å². The molecule has 2 nitrogen and oxygen atoms in total. The molecule has 2 rings (SSSR count). The lowest BCUT2D eigenvalue weighted by Crippen LogP contribution is -2.30. The van der Waals surface area contributed by atoms with Gasteiger partial charge in [0.15, 0.2) is 0 Å². The third-order valence-electron chi connectivity index (χ3n) is 3.90. The first-order valence-corrected chi connectivity index (χ1v) is 7.55. The Kier molecular flexibility index (Phi) is 4.33. The second kappa shape index (κ2) is 5.62. The van der Waals surface area contributed by atoms with Gasteiger partial charge in [-0.15, -0.1) is 0 Å². The van der Waals surface area contributed by atoms with E-state index in [2.05, 4.69) is 53.0 Å². The molecule has 1 saturated carbocycles. The van der Waals surface area contributed by atoms with Crippen molar-refractivity contribution < 1.29 is 0 Å². The average molecular weight is 311 g/mol. The van der Waals surface area contributed by atoms with Gasteiger partial charge in [0, 0.05) is 29.3 Å². The fourth-order valence-electron chi connectivity index (χ4n) is 2.40. The summed E-state index contributed by atoms with van der Waals surface area (Å²) in [5.41, 5.74) is 8.44. The van der Waals surface area contributed by atoms with Crippen LogP contribution in [0.3, 0.4) is 0 Å². The van der Waals surface area contributed by atoms with Gasteiger partial charge in [-0.3, -0.25) is 0 Å². The molecule has 3 heteroatoms. The molecule has 0 radical (unpaired) electrons. The maximum Gasteiger partial charge on any atom is 0.0377 e. The number of hydrogen-bond acceptors (Lipinski definition) is 2. The van der Waals surface area contributed by atoms with Gasteiger partial charge in [0.05, 0.1) is 0 Å². The van der Waals surface area contributed by atoms with Gasteiger partial charge in [-0.25, -0.2) is 0 Å². The number of benzene rings is 1. The third kappa shape index (κ3) is 3.27. The summed E-state index contributed by atoms with van der Waals surface area (Å²) in [6, 6.07) is 7.46. The molecule has 2 atom stereocenters. The topological polar surface area (TPSA) is 29.3 Å². The molecule has 2 unspecified atom stereocenters. The van der Waals surface area contributed by atoms with Crippen LogP contribution >= 0.6 is 15.9 Å². The van der Waals surface area contributed by atoms with Gasteiger partial charge in [-0.1, -0.05) is 22.0 Å². The van der Waals surface area contributed by atoms with Crippen molar-refractivity contribution in [2.75, 3.05) is 11.9 Å². The summed E-state index contributed by atoms with van der Waals surface area (Å²) in [7, 11) is 2.19. The molecule has 1 aliphatic carbocycles. The molecular formula is C15H23BrN2. The summed E-state index contributed by atoms with van der Waals surface area (Å²) < 4.78 is 1.17. The molecule has 0 saturated heterocycles. The lowest BCUT2D eigenvalue weighted by Gasteiger charge is -2.27. The number of rotatable bonds is 5. The van der Waals surface area contributed by atoms with Gasteiger partial charge in [0.1, 0.15) is 0 Å². The zero-order valence-electron chi connectivity index (χ0n) is 11.5. The van der Waals surface area contributed by atoms with Gasteiger partial charge in [-0.2, -0.15) is 0 Å². The largest absolute Gasteiger partial charge is 0.372 e. The van der Waals surface area contributed by atoms with Crippen molar-refractivity contribution in [3.05, 3.63) is 28.2 Å². The predicted molar refractivity (Wildman–Crippen MR) is 82.1 cm³/mol. The minimum Gasteiger partial charge on any atom is -0.372 e. The minimum absolute atomic E-state index is 0.204. The maximum absolute atomic E-state index is 5.86. The lowest BCUT2D eigenvalue weighted by molar-refractivity contribution is 0.609. The van der Waals surface area contributed by atoms with Crippen molar-refractivity contribution in [2.24, 2.45) is 11.7 Å². The highest BCUT2D eigenvalue weighted by Gasteiger charge is 2.30. The van der Waals surface area contributed by atoms with Gasteiger partial charge in [0.25, 0.3) is 0 Å². The minimum atomic E-state index is 0.204. The normalized spacial score (nSPS) is 18.5. The average Bonchev–Trinajstić information content (AvgIpc) is 3.13. The van der Waals surface area contributed by atoms with E-state index >= 15 is 0 Å².